The van der Waals surface area contributed by atoms with Gasteiger partial charge in [-0.05, 0) is 50.9 Å². The molecule has 1 amide bonds. The quantitative estimate of drug-likeness (QED) is 0.778. The van der Waals surface area contributed by atoms with Gasteiger partial charge < -0.3 is 14.5 Å². The number of nitrogens with zero attached hydrogens (tertiary/aromatic N) is 4. The molecule has 3 saturated heterocycles. The van der Waals surface area contributed by atoms with E-state index in [0.717, 1.165) is 95.1 Å². The zero-order chi connectivity index (χ0) is 19.6. The maximum atomic E-state index is 12.5. The molecule has 1 atom stereocenters. The highest BCUT2D eigenvalue weighted by Gasteiger charge is 2.41. The van der Waals surface area contributed by atoms with Crippen molar-refractivity contribution >= 4 is 11.7 Å². The third-order valence-corrected chi connectivity index (χ3v) is 6.73. The lowest BCUT2D eigenvalue weighted by Crippen LogP contribution is -2.53. The van der Waals surface area contributed by atoms with Crippen molar-refractivity contribution in [2.45, 2.75) is 71.3 Å². The highest BCUT2D eigenvalue weighted by Crippen LogP contribution is 2.41. The van der Waals surface area contributed by atoms with Crippen molar-refractivity contribution in [2.75, 3.05) is 37.7 Å². The van der Waals surface area contributed by atoms with Gasteiger partial charge in [-0.15, -0.1) is 0 Å². The lowest BCUT2D eigenvalue weighted by Gasteiger charge is -2.48. The molecule has 0 radical (unpaired) electrons. The summed E-state index contributed by atoms with van der Waals surface area (Å²) in [5.41, 5.74) is 1.42. The third-order valence-electron chi connectivity index (χ3n) is 6.73. The van der Waals surface area contributed by atoms with Gasteiger partial charge in [0.05, 0.1) is 6.10 Å². The fraction of sp³-hybridized carbons (Fsp3) is 0.773. The molecule has 3 aliphatic heterocycles. The second-order valence-corrected chi connectivity index (χ2v) is 8.91. The summed E-state index contributed by atoms with van der Waals surface area (Å²) in [6, 6.07) is 2.17. The minimum absolute atomic E-state index is 0.250. The molecule has 0 unspecified atom stereocenters. The van der Waals surface area contributed by atoms with Gasteiger partial charge in [0.15, 0.2) is 0 Å². The second kappa shape index (κ2) is 8.36. The summed E-state index contributed by atoms with van der Waals surface area (Å²) in [6.07, 6.45) is 8.58. The van der Waals surface area contributed by atoms with Crippen LogP contribution < -0.4 is 4.90 Å². The Kier molecular flexibility index (Phi) is 5.85. The molecule has 3 fully saturated rings. The Labute approximate surface area is 168 Å². The maximum Gasteiger partial charge on any atom is 0.222 e. The van der Waals surface area contributed by atoms with Gasteiger partial charge in [0.25, 0.3) is 0 Å². The number of carbonyl (C=O) groups excluding carboxylic acids is 1. The largest absolute Gasteiger partial charge is 0.376 e. The predicted octanol–water partition coefficient (Wildman–Crippen LogP) is 3.13. The van der Waals surface area contributed by atoms with Crippen LogP contribution in [0.4, 0.5) is 5.82 Å². The van der Waals surface area contributed by atoms with Crippen LogP contribution in [0.15, 0.2) is 6.07 Å². The molecule has 154 valence electrons. The Morgan fingerprint density at radius 1 is 1.25 bits per heavy atom. The molecule has 28 heavy (non-hydrogen) atoms. The molecule has 1 aromatic heterocycles. The van der Waals surface area contributed by atoms with E-state index in [1.54, 1.807) is 0 Å². The molecule has 0 bridgehead atoms. The summed E-state index contributed by atoms with van der Waals surface area (Å²) < 4.78 is 5.78. The molecule has 3 aliphatic rings. The SMILES string of the molecule is CCCc1cc(N2CCC3(CCC(=O)N(C[C@@H]4CCCO4)C3)CC2)nc(C)n1. The van der Waals surface area contributed by atoms with Crippen LogP contribution in [0.3, 0.4) is 0 Å². The molecule has 1 aromatic rings. The zero-order valence-electron chi connectivity index (χ0n) is 17.5. The van der Waals surface area contributed by atoms with Crippen molar-refractivity contribution in [3.63, 3.8) is 0 Å². The Morgan fingerprint density at radius 3 is 2.79 bits per heavy atom. The van der Waals surface area contributed by atoms with Gasteiger partial charge in [-0.2, -0.15) is 0 Å². The van der Waals surface area contributed by atoms with Gasteiger partial charge in [0, 0.05) is 51.0 Å². The summed E-state index contributed by atoms with van der Waals surface area (Å²) >= 11 is 0. The minimum atomic E-state index is 0.250. The van der Waals surface area contributed by atoms with Crippen LogP contribution in [0.1, 0.15) is 63.4 Å². The molecular formula is C22H34N4O2. The number of piperidine rings is 2. The van der Waals surface area contributed by atoms with E-state index in [2.05, 4.69) is 27.8 Å². The molecule has 0 aromatic carbocycles. The number of rotatable bonds is 5. The van der Waals surface area contributed by atoms with Crippen LogP contribution in [0.25, 0.3) is 0 Å². The molecule has 6 heteroatoms. The Bertz CT molecular complexity index is 694. The first-order valence-corrected chi connectivity index (χ1v) is 11.1. The van der Waals surface area contributed by atoms with Gasteiger partial charge >= 0.3 is 0 Å². The lowest BCUT2D eigenvalue weighted by molar-refractivity contribution is -0.140. The monoisotopic (exact) mass is 386 g/mol. The first-order valence-electron chi connectivity index (χ1n) is 11.1. The highest BCUT2D eigenvalue weighted by atomic mass is 16.5. The van der Waals surface area contributed by atoms with Gasteiger partial charge in [-0.1, -0.05) is 13.3 Å². The van der Waals surface area contributed by atoms with Crippen LogP contribution in [0.5, 0.6) is 0 Å². The van der Waals surface area contributed by atoms with Gasteiger partial charge in [0.2, 0.25) is 5.91 Å². The van der Waals surface area contributed by atoms with E-state index in [1.165, 1.54) is 0 Å². The van der Waals surface area contributed by atoms with Crippen molar-refractivity contribution in [3.8, 4) is 0 Å². The molecule has 6 nitrogen and oxygen atoms in total. The highest BCUT2D eigenvalue weighted by molar-refractivity contribution is 5.77. The normalized spacial score (nSPS) is 24.9. The summed E-state index contributed by atoms with van der Waals surface area (Å²) in [6.45, 7) is 8.76. The summed E-state index contributed by atoms with van der Waals surface area (Å²) in [5.74, 6) is 2.26. The van der Waals surface area contributed by atoms with Crippen LogP contribution in [-0.2, 0) is 16.0 Å². The van der Waals surface area contributed by atoms with Crippen LogP contribution in [-0.4, -0.2) is 59.7 Å². The topological polar surface area (TPSA) is 58.6 Å². The Morgan fingerprint density at radius 2 is 2.07 bits per heavy atom. The average Bonchev–Trinajstić information content (AvgIpc) is 3.18. The number of carbonyl (C=O) groups is 1. The third kappa shape index (κ3) is 4.32. The lowest BCUT2D eigenvalue weighted by atomic mass is 9.72. The standard InChI is InChI=1S/C22H34N4O2/c1-3-5-18-14-20(24-17(2)23-18)25-11-9-22(10-12-25)8-7-21(27)26(16-22)15-19-6-4-13-28-19/h14,19H,3-13,15-16H2,1-2H3/t19-/m0/s1. The zero-order valence-corrected chi connectivity index (χ0v) is 17.5. The minimum Gasteiger partial charge on any atom is -0.376 e. The maximum absolute atomic E-state index is 12.5. The van der Waals surface area contributed by atoms with E-state index in [9.17, 15) is 4.79 Å². The van der Waals surface area contributed by atoms with Crippen molar-refractivity contribution in [2.24, 2.45) is 5.41 Å². The van der Waals surface area contributed by atoms with Crippen LogP contribution >= 0.6 is 0 Å². The van der Waals surface area contributed by atoms with Crippen LogP contribution in [0.2, 0.25) is 0 Å². The van der Waals surface area contributed by atoms with E-state index in [1.807, 2.05) is 6.92 Å². The summed E-state index contributed by atoms with van der Waals surface area (Å²) in [4.78, 5) is 26.3. The molecule has 0 saturated carbocycles. The first-order chi connectivity index (χ1) is 13.6. The van der Waals surface area contributed by atoms with Crippen LogP contribution in [0, 0.1) is 12.3 Å². The van der Waals surface area contributed by atoms with E-state index in [-0.39, 0.29) is 11.5 Å². The molecular weight excluding hydrogens is 352 g/mol. The summed E-state index contributed by atoms with van der Waals surface area (Å²) in [5, 5.41) is 0. The average molecular weight is 387 g/mol. The fourth-order valence-electron chi connectivity index (χ4n) is 5.08. The van der Waals surface area contributed by atoms with Gasteiger partial charge in [-0.25, -0.2) is 9.97 Å². The van der Waals surface area contributed by atoms with Crippen molar-refractivity contribution in [3.05, 3.63) is 17.6 Å². The van der Waals surface area contributed by atoms with E-state index in [4.69, 9.17) is 9.72 Å². The van der Waals surface area contributed by atoms with Crippen molar-refractivity contribution in [1.82, 2.24) is 14.9 Å². The molecule has 4 heterocycles. The number of hydrogen-bond acceptors (Lipinski definition) is 5. The second-order valence-electron chi connectivity index (χ2n) is 8.91. The number of ether oxygens (including phenoxy) is 1. The number of aromatic nitrogens is 2. The van der Waals surface area contributed by atoms with Crippen molar-refractivity contribution < 1.29 is 9.53 Å². The predicted molar refractivity (Wildman–Crippen MR) is 109 cm³/mol. The summed E-state index contributed by atoms with van der Waals surface area (Å²) in [7, 11) is 0. The molecule has 4 rings (SSSR count). The number of aryl methyl sites for hydroxylation is 2. The number of amides is 1. The molecule has 0 N–H and O–H groups in total. The van der Waals surface area contributed by atoms with Crippen molar-refractivity contribution in [1.29, 1.82) is 0 Å². The smallest absolute Gasteiger partial charge is 0.222 e. The first kappa shape index (κ1) is 19.6. The van der Waals surface area contributed by atoms with Gasteiger partial charge in [-0.3, -0.25) is 4.79 Å². The Hall–Kier alpha value is -1.69. The number of hydrogen-bond donors (Lipinski definition) is 0. The number of likely N-dealkylation sites (tertiary alicyclic amines) is 1. The Balaban J connectivity index is 1.39. The molecule has 0 aliphatic carbocycles. The molecule has 1 spiro atoms. The van der Waals surface area contributed by atoms with E-state index < -0.39 is 0 Å². The number of anilines is 1. The van der Waals surface area contributed by atoms with Gasteiger partial charge in [0.1, 0.15) is 11.6 Å². The van der Waals surface area contributed by atoms with E-state index in [0.29, 0.717) is 12.3 Å². The fourth-order valence-corrected chi connectivity index (χ4v) is 5.08. The van der Waals surface area contributed by atoms with E-state index >= 15 is 0 Å².